The fourth-order valence-corrected chi connectivity index (χ4v) is 2.82. The van der Waals surface area contributed by atoms with E-state index in [0.717, 1.165) is 29.8 Å². The number of nitrogens with one attached hydrogen (secondary N) is 1. The van der Waals surface area contributed by atoms with Gasteiger partial charge in [-0.2, -0.15) is 0 Å². The maximum absolute atomic E-state index is 11.4. The largest absolute Gasteiger partial charge is 0.356 e. The maximum atomic E-state index is 11.4. The summed E-state index contributed by atoms with van der Waals surface area (Å²) in [7, 11) is 0. The molecule has 0 saturated carbocycles. The molecule has 0 aliphatic carbocycles. The lowest BCUT2D eigenvalue weighted by Gasteiger charge is -2.07. The summed E-state index contributed by atoms with van der Waals surface area (Å²) in [5, 5.41) is 2.92. The lowest BCUT2D eigenvalue weighted by Crippen LogP contribution is -2.25. The van der Waals surface area contributed by atoms with E-state index in [1.165, 1.54) is 5.56 Å². The summed E-state index contributed by atoms with van der Waals surface area (Å²) in [4.78, 5) is 16.2. The maximum Gasteiger partial charge on any atom is 0.219 e. The predicted octanol–water partition coefficient (Wildman–Crippen LogP) is 3.82. The topological polar surface area (TPSA) is 46.9 Å². The van der Waals surface area contributed by atoms with Crippen molar-refractivity contribution in [3.8, 4) is 0 Å². The van der Waals surface area contributed by atoms with Crippen molar-refractivity contribution in [1.82, 2.24) is 14.9 Å². The molecule has 1 aromatic heterocycles. The quantitative estimate of drug-likeness (QED) is 0.714. The van der Waals surface area contributed by atoms with Gasteiger partial charge in [0.1, 0.15) is 5.82 Å². The van der Waals surface area contributed by atoms with E-state index >= 15 is 0 Å². The Morgan fingerprint density at radius 1 is 1.12 bits per heavy atom. The Balaban J connectivity index is 1.78. The Morgan fingerprint density at radius 2 is 1.88 bits per heavy atom. The number of fused-ring (bicyclic) bond motifs is 1. The van der Waals surface area contributed by atoms with E-state index in [9.17, 15) is 4.79 Å². The van der Waals surface area contributed by atoms with E-state index in [4.69, 9.17) is 4.98 Å². The van der Waals surface area contributed by atoms with Gasteiger partial charge in [-0.1, -0.05) is 61.5 Å². The fourth-order valence-electron chi connectivity index (χ4n) is 2.82. The van der Waals surface area contributed by atoms with Gasteiger partial charge in [-0.3, -0.25) is 4.79 Å². The molecule has 0 fully saturated rings. The number of nitrogens with zero attached hydrogens (tertiary/aromatic N) is 2. The highest BCUT2D eigenvalue weighted by Crippen LogP contribution is 2.17. The summed E-state index contributed by atoms with van der Waals surface area (Å²) in [5.74, 6) is 1.07. The van der Waals surface area contributed by atoms with Gasteiger partial charge in [-0.05, 0) is 17.7 Å². The minimum Gasteiger partial charge on any atom is -0.356 e. The number of aromatic nitrogens is 2. The highest BCUT2D eigenvalue weighted by atomic mass is 16.1. The normalized spacial score (nSPS) is 11.2. The van der Waals surface area contributed by atoms with Gasteiger partial charge in [0.25, 0.3) is 0 Å². The van der Waals surface area contributed by atoms with Crippen molar-refractivity contribution in [2.24, 2.45) is 0 Å². The molecule has 0 aliphatic rings. The molecule has 128 valence electrons. The van der Waals surface area contributed by atoms with Crippen LogP contribution in [-0.4, -0.2) is 22.0 Å². The Kier molecular flexibility index (Phi) is 5.62. The summed E-state index contributed by atoms with van der Waals surface area (Å²) in [6.45, 7) is 3.23. The van der Waals surface area contributed by atoms with Gasteiger partial charge in [-0.25, -0.2) is 4.98 Å². The highest BCUT2D eigenvalue weighted by molar-refractivity contribution is 5.76. The van der Waals surface area contributed by atoms with Crippen molar-refractivity contribution >= 4 is 23.0 Å². The molecule has 25 heavy (non-hydrogen) atoms. The van der Waals surface area contributed by atoms with Crippen LogP contribution in [0, 0.1) is 0 Å². The van der Waals surface area contributed by atoms with Crippen LogP contribution in [0.5, 0.6) is 0 Å². The monoisotopic (exact) mass is 333 g/mol. The lowest BCUT2D eigenvalue weighted by molar-refractivity contribution is -0.120. The van der Waals surface area contributed by atoms with Crippen LogP contribution < -0.4 is 5.32 Å². The average Bonchev–Trinajstić information content (AvgIpc) is 3.00. The van der Waals surface area contributed by atoms with Gasteiger partial charge in [0, 0.05) is 25.9 Å². The first-order chi connectivity index (χ1) is 12.3. The zero-order valence-corrected chi connectivity index (χ0v) is 14.5. The first-order valence-corrected chi connectivity index (χ1v) is 8.70. The van der Waals surface area contributed by atoms with Crippen molar-refractivity contribution < 1.29 is 4.79 Å². The number of carbonyl (C=O) groups excluding carboxylic acids is 1. The van der Waals surface area contributed by atoms with Crippen LogP contribution in [0.4, 0.5) is 0 Å². The summed E-state index contributed by atoms with van der Waals surface area (Å²) in [5.41, 5.74) is 3.30. The number of hydrogen-bond donors (Lipinski definition) is 1. The van der Waals surface area contributed by atoms with E-state index in [-0.39, 0.29) is 5.91 Å². The molecule has 0 unspecified atom stereocenters. The molecule has 1 N–H and O–H groups in total. The molecule has 4 heteroatoms. The van der Waals surface area contributed by atoms with Crippen LogP contribution in [0.3, 0.4) is 0 Å². The summed E-state index contributed by atoms with van der Waals surface area (Å²) < 4.78 is 2.22. The van der Waals surface area contributed by atoms with Gasteiger partial charge in [-0.15, -0.1) is 0 Å². The minimum absolute atomic E-state index is 0.0756. The van der Waals surface area contributed by atoms with Crippen LogP contribution in [-0.2, 0) is 17.8 Å². The molecule has 0 aliphatic heterocycles. The minimum atomic E-state index is 0.0756. The number of imidazole rings is 1. The second kappa shape index (κ2) is 8.29. The molecule has 0 saturated heterocycles. The number of allylic oxidation sites excluding steroid dienone is 1. The summed E-state index contributed by atoms with van der Waals surface area (Å²) in [6.07, 6.45) is 5.50. The van der Waals surface area contributed by atoms with Crippen molar-refractivity contribution in [2.45, 2.75) is 26.3 Å². The second-order valence-corrected chi connectivity index (χ2v) is 5.89. The van der Waals surface area contributed by atoms with Crippen molar-refractivity contribution in [3.05, 3.63) is 72.1 Å². The van der Waals surface area contributed by atoms with Gasteiger partial charge < -0.3 is 9.88 Å². The van der Waals surface area contributed by atoms with Gasteiger partial charge in [0.05, 0.1) is 11.0 Å². The molecule has 3 aromatic rings. The summed E-state index contributed by atoms with van der Waals surface area (Å²) in [6, 6.07) is 18.4. The van der Waals surface area contributed by atoms with E-state index < -0.39 is 0 Å². The van der Waals surface area contributed by atoms with Crippen LogP contribution >= 0.6 is 0 Å². The van der Waals surface area contributed by atoms with E-state index in [1.54, 1.807) is 0 Å². The third-order valence-electron chi connectivity index (χ3n) is 4.12. The smallest absolute Gasteiger partial charge is 0.219 e. The van der Waals surface area contributed by atoms with Gasteiger partial charge in [0.15, 0.2) is 0 Å². The van der Waals surface area contributed by atoms with Crippen molar-refractivity contribution in [1.29, 1.82) is 0 Å². The number of rotatable bonds is 7. The van der Waals surface area contributed by atoms with Crippen molar-refractivity contribution in [3.63, 3.8) is 0 Å². The first-order valence-electron chi connectivity index (χ1n) is 8.70. The molecule has 0 spiro atoms. The van der Waals surface area contributed by atoms with Crippen LogP contribution in [0.15, 0.2) is 60.7 Å². The van der Waals surface area contributed by atoms with E-state index in [1.807, 2.05) is 43.3 Å². The number of para-hydroxylation sites is 2. The fraction of sp³-hybridized carbons (Fsp3) is 0.238. The van der Waals surface area contributed by atoms with E-state index in [2.05, 4.69) is 40.2 Å². The molecule has 2 aromatic carbocycles. The Bertz CT molecular complexity index is 865. The standard InChI is InChI=1S/C21H23N3O/c1-2-21(25)22-15-14-20-23-18-12-6-7-13-19(18)24(20)16-8-11-17-9-4-3-5-10-17/h3-13H,2,14-16H2,1H3,(H,22,25)/b11-8+. The molecule has 1 amide bonds. The van der Waals surface area contributed by atoms with Crippen LogP contribution in [0.2, 0.25) is 0 Å². The SMILES string of the molecule is CCC(=O)NCCc1nc2ccccc2n1C/C=C/c1ccccc1. The molecule has 1 heterocycles. The molecule has 0 radical (unpaired) electrons. The molecule has 0 bridgehead atoms. The predicted molar refractivity (Wildman–Crippen MR) is 102 cm³/mol. The summed E-state index contributed by atoms with van der Waals surface area (Å²) >= 11 is 0. The zero-order valence-electron chi connectivity index (χ0n) is 14.5. The van der Waals surface area contributed by atoms with Crippen molar-refractivity contribution in [2.75, 3.05) is 6.54 Å². The van der Waals surface area contributed by atoms with Gasteiger partial charge in [0.2, 0.25) is 5.91 Å². The average molecular weight is 333 g/mol. The lowest BCUT2D eigenvalue weighted by atomic mass is 10.2. The zero-order chi connectivity index (χ0) is 17.5. The molecule has 3 rings (SSSR count). The van der Waals surface area contributed by atoms with Gasteiger partial charge >= 0.3 is 0 Å². The van der Waals surface area contributed by atoms with Crippen LogP contribution in [0.1, 0.15) is 24.7 Å². The third-order valence-corrected chi connectivity index (χ3v) is 4.12. The Hall–Kier alpha value is -2.88. The van der Waals surface area contributed by atoms with E-state index in [0.29, 0.717) is 13.0 Å². The Labute approximate surface area is 148 Å². The second-order valence-electron chi connectivity index (χ2n) is 5.89. The third kappa shape index (κ3) is 4.35. The number of benzene rings is 2. The number of hydrogen-bond acceptors (Lipinski definition) is 2. The Morgan fingerprint density at radius 3 is 2.68 bits per heavy atom. The molecule has 4 nitrogen and oxygen atoms in total. The highest BCUT2D eigenvalue weighted by Gasteiger charge is 2.09. The number of amides is 1. The first kappa shape index (κ1) is 17.0. The van der Waals surface area contributed by atoms with Crippen LogP contribution in [0.25, 0.3) is 17.1 Å². The number of carbonyl (C=O) groups is 1. The molecule has 0 atom stereocenters. The molecular formula is C21H23N3O. The molecular weight excluding hydrogens is 310 g/mol.